The molecule has 0 spiro atoms. The van der Waals surface area contributed by atoms with Gasteiger partial charge >= 0.3 is 0 Å². The average molecular weight is 391 g/mol. The first-order valence-electron chi connectivity index (χ1n) is 8.98. The molecule has 1 aromatic heterocycles. The summed E-state index contributed by atoms with van der Waals surface area (Å²) in [6.45, 7) is 4.33. The van der Waals surface area contributed by atoms with E-state index in [2.05, 4.69) is 10.6 Å². The number of amides is 2. The second-order valence-corrected chi connectivity index (χ2v) is 7.55. The Morgan fingerprint density at radius 2 is 1.71 bits per heavy atom. The topological polar surface area (TPSA) is 58.2 Å². The van der Waals surface area contributed by atoms with Crippen molar-refractivity contribution in [3.63, 3.8) is 0 Å². The van der Waals surface area contributed by atoms with Crippen LogP contribution in [0.5, 0.6) is 0 Å². The first kappa shape index (κ1) is 19.6. The highest BCUT2D eigenvalue weighted by molar-refractivity contribution is 7.10. The van der Waals surface area contributed by atoms with E-state index >= 15 is 0 Å². The third-order valence-corrected chi connectivity index (χ3v) is 4.96. The number of benzene rings is 2. The van der Waals surface area contributed by atoms with Gasteiger partial charge in [0.2, 0.25) is 0 Å². The van der Waals surface area contributed by atoms with Crippen molar-refractivity contribution in [1.29, 1.82) is 0 Å². The largest absolute Gasteiger partial charge is 0.347 e. The molecule has 5 heteroatoms. The molecule has 0 fully saturated rings. The molecule has 0 atom stereocenters. The van der Waals surface area contributed by atoms with Crippen LogP contribution in [0.4, 0.5) is 0 Å². The standard InChI is InChI=1S/C23H22N2O2S/c1-16-6-3-8-18(12-16)15-24-23(27)21(14-20-10-5-11-28-20)25-22(26)19-9-4-7-17(2)13-19/h3-14H,15H2,1-2H3,(H,24,27)(H,25,26)/b21-14-. The van der Waals surface area contributed by atoms with Crippen LogP contribution in [-0.4, -0.2) is 11.8 Å². The first-order valence-corrected chi connectivity index (χ1v) is 9.86. The van der Waals surface area contributed by atoms with Gasteiger partial charge in [-0.3, -0.25) is 9.59 Å². The van der Waals surface area contributed by atoms with Crippen molar-refractivity contribution in [3.8, 4) is 0 Å². The van der Waals surface area contributed by atoms with E-state index in [1.165, 1.54) is 11.3 Å². The number of aryl methyl sites for hydroxylation is 2. The van der Waals surface area contributed by atoms with Gasteiger partial charge in [0.15, 0.2) is 0 Å². The van der Waals surface area contributed by atoms with Gasteiger partial charge in [0.05, 0.1) is 0 Å². The van der Waals surface area contributed by atoms with Gasteiger partial charge in [0.25, 0.3) is 11.8 Å². The van der Waals surface area contributed by atoms with Crippen molar-refractivity contribution >= 4 is 29.2 Å². The molecule has 2 N–H and O–H groups in total. The number of hydrogen-bond donors (Lipinski definition) is 2. The van der Waals surface area contributed by atoms with Gasteiger partial charge in [-0.2, -0.15) is 0 Å². The van der Waals surface area contributed by atoms with Crippen LogP contribution in [0.3, 0.4) is 0 Å². The highest BCUT2D eigenvalue weighted by atomic mass is 32.1. The van der Waals surface area contributed by atoms with Crippen LogP contribution in [0.2, 0.25) is 0 Å². The predicted octanol–water partition coefficient (Wildman–Crippen LogP) is 4.45. The van der Waals surface area contributed by atoms with Gasteiger partial charge in [-0.15, -0.1) is 11.3 Å². The zero-order valence-corrected chi connectivity index (χ0v) is 16.7. The zero-order chi connectivity index (χ0) is 19.9. The van der Waals surface area contributed by atoms with E-state index in [0.29, 0.717) is 12.1 Å². The lowest BCUT2D eigenvalue weighted by atomic mass is 10.1. The molecule has 0 radical (unpaired) electrons. The van der Waals surface area contributed by atoms with Gasteiger partial charge in [-0.1, -0.05) is 53.6 Å². The minimum absolute atomic E-state index is 0.224. The van der Waals surface area contributed by atoms with Crippen LogP contribution in [0, 0.1) is 13.8 Å². The van der Waals surface area contributed by atoms with E-state index in [9.17, 15) is 9.59 Å². The van der Waals surface area contributed by atoms with E-state index in [-0.39, 0.29) is 17.5 Å². The molecule has 4 nitrogen and oxygen atoms in total. The van der Waals surface area contributed by atoms with Gasteiger partial charge in [-0.25, -0.2) is 0 Å². The summed E-state index contributed by atoms with van der Waals surface area (Å²) < 4.78 is 0. The summed E-state index contributed by atoms with van der Waals surface area (Å²) in [7, 11) is 0. The second kappa shape index (κ2) is 9.15. The van der Waals surface area contributed by atoms with E-state index in [1.54, 1.807) is 18.2 Å². The van der Waals surface area contributed by atoms with Crippen LogP contribution in [0.25, 0.3) is 6.08 Å². The molecule has 0 saturated heterocycles. The minimum atomic E-state index is -0.323. The third kappa shape index (κ3) is 5.41. The SMILES string of the molecule is Cc1cccc(CNC(=O)/C(=C/c2cccs2)NC(=O)c2cccc(C)c2)c1. The van der Waals surface area contributed by atoms with E-state index in [1.807, 2.05) is 67.8 Å². The molecule has 0 unspecified atom stereocenters. The predicted molar refractivity (Wildman–Crippen MR) is 114 cm³/mol. The minimum Gasteiger partial charge on any atom is -0.347 e. The number of carbonyl (C=O) groups is 2. The summed E-state index contributed by atoms with van der Waals surface area (Å²) in [5.74, 6) is -0.631. The average Bonchev–Trinajstić information content (AvgIpc) is 3.19. The van der Waals surface area contributed by atoms with Crippen molar-refractivity contribution < 1.29 is 9.59 Å². The van der Waals surface area contributed by atoms with Crippen molar-refractivity contribution in [2.45, 2.75) is 20.4 Å². The fraction of sp³-hybridized carbons (Fsp3) is 0.130. The molecule has 28 heavy (non-hydrogen) atoms. The Hall–Kier alpha value is -3.18. The number of hydrogen-bond acceptors (Lipinski definition) is 3. The Morgan fingerprint density at radius 3 is 2.39 bits per heavy atom. The lowest BCUT2D eigenvalue weighted by Gasteiger charge is -2.11. The Labute approximate surface area is 168 Å². The smallest absolute Gasteiger partial charge is 0.268 e. The van der Waals surface area contributed by atoms with Crippen molar-refractivity contribution in [2.24, 2.45) is 0 Å². The first-order chi connectivity index (χ1) is 13.5. The Morgan fingerprint density at radius 1 is 0.964 bits per heavy atom. The van der Waals surface area contributed by atoms with Crippen molar-refractivity contribution in [2.75, 3.05) is 0 Å². The summed E-state index contributed by atoms with van der Waals surface area (Å²) in [6.07, 6.45) is 1.70. The van der Waals surface area contributed by atoms with Crippen LogP contribution in [0.1, 0.15) is 31.9 Å². The second-order valence-electron chi connectivity index (χ2n) is 6.57. The monoisotopic (exact) mass is 390 g/mol. The Balaban J connectivity index is 1.77. The Bertz CT molecular complexity index is 1010. The van der Waals surface area contributed by atoms with Crippen molar-refractivity contribution in [3.05, 3.63) is 98.9 Å². The third-order valence-electron chi connectivity index (χ3n) is 4.14. The summed E-state index contributed by atoms with van der Waals surface area (Å²) in [6, 6.07) is 19.0. The molecule has 1 heterocycles. The van der Waals surface area contributed by atoms with Crippen LogP contribution < -0.4 is 10.6 Å². The molecule has 2 aromatic carbocycles. The maximum atomic E-state index is 12.8. The molecule has 0 aliphatic heterocycles. The highest BCUT2D eigenvalue weighted by Crippen LogP contribution is 2.14. The number of rotatable bonds is 6. The maximum absolute atomic E-state index is 12.8. The van der Waals surface area contributed by atoms with E-state index in [0.717, 1.165) is 21.6 Å². The molecule has 0 aliphatic rings. The zero-order valence-electron chi connectivity index (χ0n) is 15.9. The van der Waals surface area contributed by atoms with Gasteiger partial charge in [0, 0.05) is 17.0 Å². The van der Waals surface area contributed by atoms with Gasteiger partial charge in [-0.05, 0) is 49.1 Å². The normalized spacial score (nSPS) is 11.1. The van der Waals surface area contributed by atoms with Crippen molar-refractivity contribution in [1.82, 2.24) is 10.6 Å². The molecular formula is C23H22N2O2S. The van der Waals surface area contributed by atoms with Gasteiger partial charge in [0.1, 0.15) is 5.70 Å². The van der Waals surface area contributed by atoms with Crippen LogP contribution >= 0.6 is 11.3 Å². The number of nitrogens with one attached hydrogen (secondary N) is 2. The number of thiophene rings is 1. The van der Waals surface area contributed by atoms with Crippen LogP contribution in [0.15, 0.2) is 71.7 Å². The lowest BCUT2D eigenvalue weighted by Crippen LogP contribution is -2.34. The molecular weight excluding hydrogens is 368 g/mol. The molecule has 142 valence electrons. The molecule has 0 bridgehead atoms. The Kier molecular flexibility index (Phi) is 6.40. The van der Waals surface area contributed by atoms with E-state index < -0.39 is 0 Å². The van der Waals surface area contributed by atoms with Gasteiger partial charge < -0.3 is 10.6 Å². The lowest BCUT2D eigenvalue weighted by molar-refractivity contribution is -0.117. The maximum Gasteiger partial charge on any atom is 0.268 e. The summed E-state index contributed by atoms with van der Waals surface area (Å²) in [5.41, 5.74) is 3.87. The quantitative estimate of drug-likeness (QED) is 0.611. The fourth-order valence-corrected chi connectivity index (χ4v) is 3.41. The number of carbonyl (C=O) groups excluding carboxylic acids is 2. The summed E-state index contributed by atoms with van der Waals surface area (Å²) in [4.78, 5) is 26.3. The summed E-state index contributed by atoms with van der Waals surface area (Å²) in [5, 5.41) is 7.58. The van der Waals surface area contributed by atoms with Crippen LogP contribution in [-0.2, 0) is 11.3 Å². The van der Waals surface area contributed by atoms with E-state index in [4.69, 9.17) is 0 Å². The fourth-order valence-electron chi connectivity index (χ4n) is 2.75. The molecule has 3 aromatic rings. The molecule has 0 aliphatic carbocycles. The molecule has 0 saturated carbocycles. The molecule has 2 amide bonds. The molecule has 3 rings (SSSR count). The highest BCUT2D eigenvalue weighted by Gasteiger charge is 2.15. The summed E-state index contributed by atoms with van der Waals surface area (Å²) >= 11 is 1.50.